The van der Waals surface area contributed by atoms with Gasteiger partial charge in [-0.2, -0.15) is 0 Å². The maximum Gasteiger partial charge on any atom is 0.256 e. The van der Waals surface area contributed by atoms with Crippen LogP contribution in [0.25, 0.3) is 0 Å². The van der Waals surface area contributed by atoms with Gasteiger partial charge in [-0.1, -0.05) is 5.16 Å². The van der Waals surface area contributed by atoms with E-state index in [4.69, 9.17) is 10.3 Å². The summed E-state index contributed by atoms with van der Waals surface area (Å²) in [6.07, 6.45) is 0. The number of carbonyl (C=O) groups excluding carboxylic acids is 1. The van der Waals surface area contributed by atoms with Crippen LogP contribution in [0.2, 0.25) is 0 Å². The molecule has 0 fully saturated rings. The van der Waals surface area contributed by atoms with E-state index in [1.807, 2.05) is 6.92 Å². The largest absolute Gasteiger partial charge is 0.508 e. The van der Waals surface area contributed by atoms with E-state index >= 15 is 0 Å². The average molecular weight is 275 g/mol. The van der Waals surface area contributed by atoms with Crippen molar-refractivity contribution in [2.45, 2.75) is 20.4 Å². The summed E-state index contributed by atoms with van der Waals surface area (Å²) >= 11 is 0. The first-order valence-electron chi connectivity index (χ1n) is 6.16. The fourth-order valence-corrected chi connectivity index (χ4v) is 1.97. The van der Waals surface area contributed by atoms with Gasteiger partial charge in [-0.15, -0.1) is 0 Å². The minimum Gasteiger partial charge on any atom is -0.508 e. The number of anilines is 1. The van der Waals surface area contributed by atoms with Crippen molar-refractivity contribution < 1.29 is 14.4 Å². The average Bonchev–Trinajstić information content (AvgIpc) is 2.72. The zero-order valence-electron chi connectivity index (χ0n) is 11.7. The second kappa shape index (κ2) is 5.24. The minimum absolute atomic E-state index is 0.00767. The van der Waals surface area contributed by atoms with Gasteiger partial charge in [0.05, 0.1) is 17.8 Å². The molecule has 2 rings (SSSR count). The van der Waals surface area contributed by atoms with Gasteiger partial charge in [0.1, 0.15) is 11.5 Å². The van der Waals surface area contributed by atoms with Gasteiger partial charge in [0.2, 0.25) is 0 Å². The monoisotopic (exact) mass is 275 g/mol. The van der Waals surface area contributed by atoms with Crippen molar-refractivity contribution in [1.29, 1.82) is 0 Å². The molecule has 3 N–H and O–H groups in total. The Bertz CT molecular complexity index is 630. The van der Waals surface area contributed by atoms with Crippen LogP contribution in [0.15, 0.2) is 22.7 Å². The first-order chi connectivity index (χ1) is 9.40. The molecule has 6 nitrogen and oxygen atoms in total. The first kappa shape index (κ1) is 13.9. The predicted octanol–water partition coefficient (Wildman–Crippen LogP) is 1.85. The number of nitrogens with two attached hydrogens (primary N) is 1. The van der Waals surface area contributed by atoms with Gasteiger partial charge in [-0.05, 0) is 32.0 Å². The zero-order valence-corrected chi connectivity index (χ0v) is 11.7. The molecule has 2 aromatic rings. The molecule has 0 aliphatic heterocycles. The van der Waals surface area contributed by atoms with E-state index in [9.17, 15) is 9.90 Å². The number of aromatic hydroxyl groups is 1. The molecule has 0 aliphatic rings. The van der Waals surface area contributed by atoms with Crippen LogP contribution < -0.4 is 5.73 Å². The third kappa shape index (κ3) is 2.59. The lowest BCUT2D eigenvalue weighted by Crippen LogP contribution is -2.27. The van der Waals surface area contributed by atoms with E-state index in [-0.39, 0.29) is 17.2 Å². The Morgan fingerprint density at radius 2 is 2.15 bits per heavy atom. The molecule has 0 atom stereocenters. The minimum atomic E-state index is -0.265. The van der Waals surface area contributed by atoms with Crippen molar-refractivity contribution in [2.75, 3.05) is 12.8 Å². The molecule has 0 spiro atoms. The summed E-state index contributed by atoms with van der Waals surface area (Å²) in [5.74, 6) is 0.428. The van der Waals surface area contributed by atoms with Crippen LogP contribution >= 0.6 is 0 Å². The van der Waals surface area contributed by atoms with E-state index < -0.39 is 0 Å². The molecule has 106 valence electrons. The number of aromatic nitrogens is 1. The molecule has 0 unspecified atom stereocenters. The number of amides is 1. The fraction of sp³-hybridized carbons (Fsp3) is 0.286. The predicted molar refractivity (Wildman–Crippen MR) is 74.3 cm³/mol. The number of phenolic OH excluding ortho intramolecular Hbond substituents is 1. The van der Waals surface area contributed by atoms with E-state index in [1.165, 1.54) is 23.1 Å². The molecular weight excluding hydrogens is 258 g/mol. The Hall–Kier alpha value is -2.50. The number of phenols is 1. The van der Waals surface area contributed by atoms with E-state index in [2.05, 4.69) is 5.16 Å². The number of benzene rings is 1. The third-order valence-electron chi connectivity index (χ3n) is 3.19. The van der Waals surface area contributed by atoms with E-state index in [0.717, 1.165) is 11.3 Å². The van der Waals surface area contributed by atoms with Crippen LogP contribution in [-0.2, 0) is 6.54 Å². The normalized spacial score (nSPS) is 10.6. The molecule has 20 heavy (non-hydrogen) atoms. The first-order valence-corrected chi connectivity index (χ1v) is 6.16. The smallest absolute Gasteiger partial charge is 0.256 e. The number of carbonyl (C=O) groups is 1. The molecule has 1 amide bonds. The van der Waals surface area contributed by atoms with Crippen LogP contribution in [0.4, 0.5) is 5.69 Å². The highest BCUT2D eigenvalue weighted by Gasteiger charge is 2.18. The number of hydrogen-bond acceptors (Lipinski definition) is 5. The Labute approximate surface area is 116 Å². The summed E-state index contributed by atoms with van der Waals surface area (Å²) in [6.45, 7) is 4.00. The second-order valence-electron chi connectivity index (χ2n) is 4.74. The Morgan fingerprint density at radius 1 is 1.45 bits per heavy atom. The molecule has 0 saturated carbocycles. The van der Waals surface area contributed by atoms with Gasteiger partial charge < -0.3 is 20.3 Å². The van der Waals surface area contributed by atoms with Gasteiger partial charge >= 0.3 is 0 Å². The summed E-state index contributed by atoms with van der Waals surface area (Å²) in [4.78, 5) is 13.9. The fourth-order valence-electron chi connectivity index (χ4n) is 1.97. The van der Waals surface area contributed by atoms with Crippen molar-refractivity contribution in [3.05, 3.63) is 40.8 Å². The summed E-state index contributed by atoms with van der Waals surface area (Å²) < 4.78 is 5.07. The molecule has 6 heteroatoms. The van der Waals surface area contributed by atoms with Gasteiger partial charge in [0.25, 0.3) is 5.91 Å². The molecule has 0 bridgehead atoms. The lowest BCUT2D eigenvalue weighted by atomic mass is 10.1. The van der Waals surface area contributed by atoms with Crippen molar-refractivity contribution >= 4 is 11.6 Å². The summed E-state index contributed by atoms with van der Waals surface area (Å²) in [5, 5.41) is 13.3. The molecule has 1 heterocycles. The lowest BCUT2D eigenvalue weighted by molar-refractivity contribution is 0.0785. The molecule has 1 aromatic heterocycles. The SMILES string of the molecule is Cc1noc(C)c1CN(C)C(=O)c1cc(O)ccc1N. The highest BCUT2D eigenvalue weighted by atomic mass is 16.5. The van der Waals surface area contributed by atoms with Gasteiger partial charge in [-0.3, -0.25) is 4.79 Å². The van der Waals surface area contributed by atoms with Gasteiger partial charge in [0.15, 0.2) is 0 Å². The lowest BCUT2D eigenvalue weighted by Gasteiger charge is -2.18. The topological polar surface area (TPSA) is 92.6 Å². The van der Waals surface area contributed by atoms with Crippen molar-refractivity contribution in [3.8, 4) is 5.75 Å². The van der Waals surface area contributed by atoms with Crippen molar-refractivity contribution in [3.63, 3.8) is 0 Å². The maximum absolute atomic E-state index is 12.4. The van der Waals surface area contributed by atoms with Crippen LogP contribution in [0.1, 0.15) is 27.4 Å². The number of rotatable bonds is 3. The van der Waals surface area contributed by atoms with Crippen LogP contribution in [0.5, 0.6) is 5.75 Å². The molecule has 1 aromatic carbocycles. The number of aryl methyl sites for hydroxylation is 2. The number of hydrogen-bond donors (Lipinski definition) is 2. The van der Waals surface area contributed by atoms with Crippen LogP contribution in [0, 0.1) is 13.8 Å². The van der Waals surface area contributed by atoms with Gasteiger partial charge in [0, 0.05) is 18.3 Å². The second-order valence-corrected chi connectivity index (χ2v) is 4.74. The Balaban J connectivity index is 2.23. The third-order valence-corrected chi connectivity index (χ3v) is 3.19. The highest BCUT2D eigenvalue weighted by Crippen LogP contribution is 2.21. The summed E-state index contributed by atoms with van der Waals surface area (Å²) in [5.41, 5.74) is 8.01. The van der Waals surface area contributed by atoms with Crippen LogP contribution in [-0.4, -0.2) is 28.1 Å². The standard InChI is InChI=1S/C14H17N3O3/c1-8-12(9(2)20-16-8)7-17(3)14(19)11-6-10(18)4-5-13(11)15/h4-6,18H,7,15H2,1-3H3. The number of nitrogens with zero attached hydrogens (tertiary/aromatic N) is 2. The maximum atomic E-state index is 12.4. The Morgan fingerprint density at radius 3 is 2.75 bits per heavy atom. The van der Waals surface area contributed by atoms with Gasteiger partial charge in [-0.25, -0.2) is 0 Å². The Kier molecular flexibility index (Phi) is 3.65. The quantitative estimate of drug-likeness (QED) is 0.658. The van der Waals surface area contributed by atoms with Crippen molar-refractivity contribution in [1.82, 2.24) is 10.1 Å². The highest BCUT2D eigenvalue weighted by molar-refractivity contribution is 5.99. The zero-order chi connectivity index (χ0) is 14.9. The molecular formula is C14H17N3O3. The van der Waals surface area contributed by atoms with Crippen LogP contribution in [0.3, 0.4) is 0 Å². The summed E-state index contributed by atoms with van der Waals surface area (Å²) in [6, 6.07) is 4.31. The summed E-state index contributed by atoms with van der Waals surface area (Å²) in [7, 11) is 1.66. The van der Waals surface area contributed by atoms with E-state index in [1.54, 1.807) is 14.0 Å². The molecule has 0 aliphatic carbocycles. The molecule has 0 radical (unpaired) electrons. The molecule has 0 saturated heterocycles. The van der Waals surface area contributed by atoms with E-state index in [0.29, 0.717) is 18.0 Å². The van der Waals surface area contributed by atoms with Crippen molar-refractivity contribution in [2.24, 2.45) is 0 Å². The number of nitrogen functional groups attached to an aromatic ring is 1.